The van der Waals surface area contributed by atoms with Crippen LogP contribution in [0.3, 0.4) is 0 Å². The normalized spacial score (nSPS) is 11.1. The molecule has 2 aromatic heterocycles. The Bertz CT molecular complexity index is 1080. The summed E-state index contributed by atoms with van der Waals surface area (Å²) in [6.07, 6.45) is 2.69. The van der Waals surface area contributed by atoms with Gasteiger partial charge < -0.3 is 9.40 Å². The third-order valence-electron chi connectivity index (χ3n) is 3.30. The molecule has 0 amide bonds. The van der Waals surface area contributed by atoms with E-state index in [4.69, 9.17) is 4.42 Å². The Hall–Kier alpha value is -2.95. The summed E-state index contributed by atoms with van der Waals surface area (Å²) in [5, 5.41) is 11.0. The zero-order valence-corrected chi connectivity index (χ0v) is 14.6. The third-order valence-corrected chi connectivity index (χ3v) is 4.02. The molecule has 0 radical (unpaired) electrons. The van der Waals surface area contributed by atoms with Crippen molar-refractivity contribution in [3.05, 3.63) is 82.4 Å². The van der Waals surface area contributed by atoms with Crippen LogP contribution in [0, 0.1) is 13.7 Å². The van der Waals surface area contributed by atoms with Crippen molar-refractivity contribution in [2.24, 2.45) is 0 Å². The molecule has 0 spiro atoms. The van der Waals surface area contributed by atoms with Crippen LogP contribution >= 0.6 is 22.6 Å². The fourth-order valence-electron chi connectivity index (χ4n) is 2.18. The monoisotopic (exact) mass is 451 g/mol. The maximum absolute atomic E-state index is 11.6. The standard InChI is InChI=1S/C16H10IN3O5/c17-10-3-1-9(2-4-10)13-8-6-11(25-13)5-7-12-14(20(23)24)15(21)19-16(22)18-12/h1-8H,(H2,18,19,21,22). The molecule has 3 rings (SSSR count). The number of aromatic amines is 2. The van der Waals surface area contributed by atoms with Crippen molar-refractivity contribution < 1.29 is 9.34 Å². The molecule has 0 aliphatic carbocycles. The zero-order chi connectivity index (χ0) is 18.0. The Morgan fingerprint density at radius 3 is 2.44 bits per heavy atom. The van der Waals surface area contributed by atoms with E-state index in [1.165, 1.54) is 12.2 Å². The number of hydrogen-bond acceptors (Lipinski definition) is 5. The van der Waals surface area contributed by atoms with Crippen LogP contribution in [0.4, 0.5) is 5.69 Å². The molecule has 8 nitrogen and oxygen atoms in total. The minimum absolute atomic E-state index is 0.203. The molecule has 0 fully saturated rings. The van der Waals surface area contributed by atoms with Crippen LogP contribution in [0.25, 0.3) is 23.5 Å². The first-order valence-corrected chi connectivity index (χ1v) is 8.07. The van der Waals surface area contributed by atoms with Crippen LogP contribution in [-0.2, 0) is 0 Å². The van der Waals surface area contributed by atoms with Gasteiger partial charge in [0.25, 0.3) is 0 Å². The highest BCUT2D eigenvalue weighted by molar-refractivity contribution is 14.1. The molecule has 25 heavy (non-hydrogen) atoms. The molecular weight excluding hydrogens is 441 g/mol. The molecule has 126 valence electrons. The molecule has 0 atom stereocenters. The number of hydrogen-bond donors (Lipinski definition) is 2. The van der Waals surface area contributed by atoms with Crippen LogP contribution in [0.1, 0.15) is 11.5 Å². The summed E-state index contributed by atoms with van der Waals surface area (Å²) < 4.78 is 6.75. The summed E-state index contributed by atoms with van der Waals surface area (Å²) in [7, 11) is 0. The molecule has 9 heteroatoms. The second kappa shape index (κ2) is 6.89. The van der Waals surface area contributed by atoms with Crippen molar-refractivity contribution in [1.82, 2.24) is 9.97 Å². The molecule has 0 unspecified atom stereocenters. The molecule has 2 heterocycles. The first kappa shape index (κ1) is 16.9. The van der Waals surface area contributed by atoms with Crippen molar-refractivity contribution in [1.29, 1.82) is 0 Å². The maximum atomic E-state index is 11.6. The van der Waals surface area contributed by atoms with Gasteiger partial charge in [0.15, 0.2) is 0 Å². The minimum atomic E-state index is -1.06. The molecule has 3 aromatic rings. The van der Waals surface area contributed by atoms with Gasteiger partial charge in [0.1, 0.15) is 17.2 Å². The number of benzene rings is 1. The molecule has 1 aromatic carbocycles. The molecule has 0 saturated carbocycles. The molecular formula is C16H10IN3O5. The van der Waals surface area contributed by atoms with E-state index < -0.39 is 21.9 Å². The van der Waals surface area contributed by atoms with E-state index in [-0.39, 0.29) is 5.69 Å². The lowest BCUT2D eigenvalue weighted by Crippen LogP contribution is -2.25. The highest BCUT2D eigenvalue weighted by Crippen LogP contribution is 2.24. The highest BCUT2D eigenvalue weighted by atomic mass is 127. The van der Waals surface area contributed by atoms with Crippen LogP contribution in [0.5, 0.6) is 0 Å². The van der Waals surface area contributed by atoms with Gasteiger partial charge in [0.05, 0.1) is 4.92 Å². The minimum Gasteiger partial charge on any atom is -0.457 e. The fraction of sp³-hybridized carbons (Fsp3) is 0. The first-order valence-electron chi connectivity index (χ1n) is 6.99. The van der Waals surface area contributed by atoms with Gasteiger partial charge in [-0.2, -0.15) is 0 Å². The highest BCUT2D eigenvalue weighted by Gasteiger charge is 2.18. The van der Waals surface area contributed by atoms with Gasteiger partial charge in [0.2, 0.25) is 0 Å². The number of nitrogens with one attached hydrogen (secondary N) is 2. The zero-order valence-electron chi connectivity index (χ0n) is 12.5. The molecule has 0 bridgehead atoms. The van der Waals surface area contributed by atoms with Gasteiger partial charge in [0, 0.05) is 9.13 Å². The summed E-state index contributed by atoms with van der Waals surface area (Å²) >= 11 is 2.20. The van der Waals surface area contributed by atoms with E-state index >= 15 is 0 Å². The number of aromatic nitrogens is 2. The van der Waals surface area contributed by atoms with Crippen molar-refractivity contribution in [2.75, 3.05) is 0 Å². The average Bonchev–Trinajstić information content (AvgIpc) is 3.01. The van der Waals surface area contributed by atoms with Crippen LogP contribution in [-0.4, -0.2) is 14.9 Å². The van der Waals surface area contributed by atoms with Crippen molar-refractivity contribution in [3.63, 3.8) is 0 Å². The summed E-state index contributed by atoms with van der Waals surface area (Å²) in [5.74, 6) is 1.05. The number of rotatable bonds is 4. The maximum Gasteiger partial charge on any atom is 0.357 e. The SMILES string of the molecule is O=c1[nH]c(C=Cc2ccc(-c3ccc(I)cc3)o2)c([N+](=O)[O-])c(=O)[nH]1. The molecule has 0 saturated heterocycles. The molecule has 0 aliphatic rings. The van der Waals surface area contributed by atoms with E-state index in [1.807, 2.05) is 29.2 Å². The summed E-state index contributed by atoms with van der Waals surface area (Å²) in [4.78, 5) is 37.1. The van der Waals surface area contributed by atoms with Gasteiger partial charge in [-0.3, -0.25) is 19.9 Å². The lowest BCUT2D eigenvalue weighted by Gasteiger charge is -1.97. The van der Waals surface area contributed by atoms with Crippen molar-refractivity contribution >= 4 is 40.4 Å². The van der Waals surface area contributed by atoms with Gasteiger partial charge in [-0.05, 0) is 59.0 Å². The first-order chi connectivity index (χ1) is 11.9. The predicted molar refractivity (Wildman–Crippen MR) is 100 cm³/mol. The van der Waals surface area contributed by atoms with E-state index in [9.17, 15) is 19.7 Å². The average molecular weight is 451 g/mol. The quantitative estimate of drug-likeness (QED) is 0.359. The Balaban J connectivity index is 1.94. The number of nitrogens with zero attached hydrogens (tertiary/aromatic N) is 1. The Morgan fingerprint density at radius 2 is 1.76 bits per heavy atom. The molecule has 2 N–H and O–H groups in total. The topological polar surface area (TPSA) is 122 Å². The van der Waals surface area contributed by atoms with E-state index in [0.717, 1.165) is 9.13 Å². The van der Waals surface area contributed by atoms with Crippen molar-refractivity contribution in [3.8, 4) is 11.3 Å². The van der Waals surface area contributed by atoms with Gasteiger partial charge in [-0.1, -0.05) is 12.1 Å². The van der Waals surface area contributed by atoms with E-state index in [0.29, 0.717) is 11.5 Å². The number of halogens is 1. The van der Waals surface area contributed by atoms with E-state index in [1.54, 1.807) is 12.1 Å². The summed E-state index contributed by atoms with van der Waals surface area (Å²) in [5.41, 5.74) is -1.94. The lowest BCUT2D eigenvalue weighted by molar-refractivity contribution is -0.386. The fourth-order valence-corrected chi connectivity index (χ4v) is 2.54. The smallest absolute Gasteiger partial charge is 0.357 e. The van der Waals surface area contributed by atoms with Gasteiger partial charge in [-0.25, -0.2) is 4.79 Å². The largest absolute Gasteiger partial charge is 0.457 e. The molecule has 0 aliphatic heterocycles. The number of nitro groups is 1. The Labute approximate surface area is 153 Å². The van der Waals surface area contributed by atoms with Gasteiger partial charge in [-0.15, -0.1) is 0 Å². The van der Waals surface area contributed by atoms with E-state index in [2.05, 4.69) is 27.6 Å². The van der Waals surface area contributed by atoms with Crippen LogP contribution < -0.4 is 11.2 Å². The summed E-state index contributed by atoms with van der Waals surface area (Å²) in [6, 6.07) is 11.1. The lowest BCUT2D eigenvalue weighted by atomic mass is 10.2. The second-order valence-electron chi connectivity index (χ2n) is 4.97. The van der Waals surface area contributed by atoms with Crippen molar-refractivity contribution in [2.45, 2.75) is 0 Å². The van der Waals surface area contributed by atoms with Gasteiger partial charge >= 0.3 is 16.9 Å². The summed E-state index contributed by atoms with van der Waals surface area (Å²) in [6.45, 7) is 0. The predicted octanol–water partition coefficient (Wildman–Crippen LogP) is 3.01. The second-order valence-corrected chi connectivity index (χ2v) is 6.22. The van der Waals surface area contributed by atoms with Crippen LogP contribution in [0.2, 0.25) is 0 Å². The number of furan rings is 1. The number of H-pyrrole nitrogens is 2. The Morgan fingerprint density at radius 1 is 1.04 bits per heavy atom. The third kappa shape index (κ3) is 3.76. The van der Waals surface area contributed by atoms with Crippen LogP contribution in [0.15, 0.2) is 50.4 Å². The Kier molecular flexibility index (Phi) is 4.65.